The Balaban J connectivity index is 1.94. The second-order valence-corrected chi connectivity index (χ2v) is 5.94. The van der Waals surface area contributed by atoms with Crippen LogP contribution in [0.1, 0.15) is 19.4 Å². The lowest BCUT2D eigenvalue weighted by Gasteiger charge is -2.25. The molecule has 2 rings (SSSR count). The number of anilines is 1. The summed E-state index contributed by atoms with van der Waals surface area (Å²) >= 11 is 6.01. The molecular formula is C17H19ClN2O. The summed E-state index contributed by atoms with van der Waals surface area (Å²) in [5.41, 5.74) is 1.65. The van der Waals surface area contributed by atoms with E-state index in [1.807, 2.05) is 30.3 Å². The first-order chi connectivity index (χ1) is 9.99. The Labute approximate surface area is 130 Å². The number of halogens is 1. The van der Waals surface area contributed by atoms with Crippen molar-refractivity contribution in [1.29, 1.82) is 0 Å². The second kappa shape index (κ2) is 6.64. The van der Waals surface area contributed by atoms with Crippen molar-refractivity contribution in [2.45, 2.75) is 19.3 Å². The highest BCUT2D eigenvalue weighted by molar-refractivity contribution is 6.33. The number of nitrogens with one attached hydrogen (secondary N) is 2. The number of para-hydroxylation sites is 1. The summed E-state index contributed by atoms with van der Waals surface area (Å²) < 4.78 is 0. The minimum absolute atomic E-state index is 0.140. The maximum Gasteiger partial charge on any atom is 0.319 e. The second-order valence-electron chi connectivity index (χ2n) is 5.54. The normalized spacial score (nSPS) is 11.0. The number of benzene rings is 2. The van der Waals surface area contributed by atoms with Gasteiger partial charge in [0.25, 0.3) is 0 Å². The molecule has 110 valence electrons. The molecule has 2 aromatic carbocycles. The van der Waals surface area contributed by atoms with Gasteiger partial charge in [-0.25, -0.2) is 4.79 Å². The molecule has 2 N–H and O–H groups in total. The van der Waals surface area contributed by atoms with E-state index in [1.165, 1.54) is 5.56 Å². The molecule has 0 aromatic heterocycles. The van der Waals surface area contributed by atoms with E-state index in [1.54, 1.807) is 12.1 Å². The lowest BCUT2D eigenvalue weighted by atomic mass is 9.85. The predicted molar refractivity (Wildman–Crippen MR) is 87.9 cm³/mol. The van der Waals surface area contributed by atoms with Crippen LogP contribution in [0.25, 0.3) is 0 Å². The van der Waals surface area contributed by atoms with Crippen LogP contribution in [-0.4, -0.2) is 12.6 Å². The summed E-state index contributed by atoms with van der Waals surface area (Å²) in [6, 6.07) is 17.0. The number of amides is 2. The van der Waals surface area contributed by atoms with E-state index in [0.717, 1.165) is 0 Å². The summed E-state index contributed by atoms with van der Waals surface area (Å²) in [7, 11) is 0. The molecule has 0 saturated carbocycles. The van der Waals surface area contributed by atoms with Crippen LogP contribution in [0.2, 0.25) is 5.02 Å². The fraction of sp³-hybridized carbons (Fsp3) is 0.235. The zero-order valence-corrected chi connectivity index (χ0v) is 12.9. The van der Waals surface area contributed by atoms with Gasteiger partial charge in [-0.05, 0) is 17.7 Å². The highest BCUT2D eigenvalue weighted by Gasteiger charge is 2.21. The predicted octanol–water partition coefficient (Wildman–Crippen LogP) is 4.44. The third kappa shape index (κ3) is 4.23. The average Bonchev–Trinajstić information content (AvgIpc) is 2.49. The van der Waals surface area contributed by atoms with Crippen LogP contribution in [-0.2, 0) is 5.41 Å². The Hall–Kier alpha value is -2.00. The quantitative estimate of drug-likeness (QED) is 0.861. The SMILES string of the molecule is CC(C)(CNC(=O)Nc1ccccc1Cl)c1ccccc1. The van der Waals surface area contributed by atoms with E-state index in [0.29, 0.717) is 17.3 Å². The van der Waals surface area contributed by atoms with E-state index in [-0.39, 0.29) is 11.4 Å². The first-order valence-corrected chi connectivity index (χ1v) is 7.22. The van der Waals surface area contributed by atoms with Crippen LogP contribution in [0, 0.1) is 0 Å². The van der Waals surface area contributed by atoms with Crippen molar-refractivity contribution >= 4 is 23.3 Å². The summed E-state index contributed by atoms with van der Waals surface area (Å²) in [5.74, 6) is 0. The molecule has 0 atom stereocenters. The molecule has 0 heterocycles. The molecule has 2 aromatic rings. The van der Waals surface area contributed by atoms with Crippen LogP contribution in [0.3, 0.4) is 0 Å². The Kier molecular flexibility index (Phi) is 4.86. The number of carbonyl (C=O) groups is 1. The van der Waals surface area contributed by atoms with E-state index in [4.69, 9.17) is 11.6 Å². The number of carbonyl (C=O) groups excluding carboxylic acids is 1. The monoisotopic (exact) mass is 302 g/mol. The number of rotatable bonds is 4. The minimum Gasteiger partial charge on any atom is -0.337 e. The van der Waals surface area contributed by atoms with Gasteiger partial charge in [0.1, 0.15) is 0 Å². The summed E-state index contributed by atoms with van der Waals surface area (Å²) in [6.45, 7) is 4.73. The molecule has 0 aliphatic heterocycles. The molecule has 0 fully saturated rings. The van der Waals surface area contributed by atoms with Gasteiger partial charge in [-0.1, -0.05) is 67.9 Å². The summed E-state index contributed by atoms with van der Waals surface area (Å²) in [4.78, 5) is 12.0. The van der Waals surface area contributed by atoms with Gasteiger partial charge >= 0.3 is 6.03 Å². The first kappa shape index (κ1) is 15.4. The van der Waals surface area contributed by atoms with Crippen LogP contribution >= 0.6 is 11.6 Å². The van der Waals surface area contributed by atoms with Crippen LogP contribution in [0.4, 0.5) is 10.5 Å². The van der Waals surface area contributed by atoms with Crippen molar-refractivity contribution in [2.75, 3.05) is 11.9 Å². The van der Waals surface area contributed by atoms with Gasteiger partial charge in [0.2, 0.25) is 0 Å². The molecule has 4 heteroatoms. The largest absolute Gasteiger partial charge is 0.337 e. The van der Waals surface area contributed by atoms with Gasteiger partial charge < -0.3 is 10.6 Å². The molecule has 2 amide bonds. The molecular weight excluding hydrogens is 284 g/mol. The topological polar surface area (TPSA) is 41.1 Å². The van der Waals surface area contributed by atoms with Crippen LogP contribution in [0.5, 0.6) is 0 Å². The standard InChI is InChI=1S/C17H19ClN2O/c1-17(2,13-8-4-3-5-9-13)12-19-16(21)20-15-11-7-6-10-14(15)18/h3-11H,12H2,1-2H3,(H2,19,20,21). The lowest BCUT2D eigenvalue weighted by Crippen LogP contribution is -2.39. The Bertz CT molecular complexity index is 611. The Morgan fingerprint density at radius 3 is 2.33 bits per heavy atom. The van der Waals surface area contributed by atoms with E-state index >= 15 is 0 Å². The van der Waals surface area contributed by atoms with Gasteiger partial charge in [0.05, 0.1) is 10.7 Å². The van der Waals surface area contributed by atoms with Crippen molar-refractivity contribution < 1.29 is 4.79 Å². The molecule has 0 bridgehead atoms. The molecule has 0 spiro atoms. The van der Waals surface area contributed by atoms with Gasteiger partial charge in [-0.15, -0.1) is 0 Å². The van der Waals surface area contributed by atoms with Gasteiger partial charge in [-0.3, -0.25) is 0 Å². The molecule has 21 heavy (non-hydrogen) atoms. The summed E-state index contributed by atoms with van der Waals surface area (Å²) in [5, 5.41) is 6.16. The molecule has 0 saturated heterocycles. The lowest BCUT2D eigenvalue weighted by molar-refractivity contribution is 0.249. The molecule has 0 aliphatic rings. The molecule has 3 nitrogen and oxygen atoms in total. The Morgan fingerprint density at radius 2 is 1.67 bits per heavy atom. The van der Waals surface area contributed by atoms with E-state index in [9.17, 15) is 4.79 Å². The van der Waals surface area contributed by atoms with Crippen molar-refractivity contribution in [1.82, 2.24) is 5.32 Å². The van der Waals surface area contributed by atoms with Crippen molar-refractivity contribution in [3.8, 4) is 0 Å². The van der Waals surface area contributed by atoms with E-state index in [2.05, 4.69) is 36.6 Å². The van der Waals surface area contributed by atoms with Crippen molar-refractivity contribution in [2.24, 2.45) is 0 Å². The maximum absolute atomic E-state index is 12.0. The fourth-order valence-corrected chi connectivity index (χ4v) is 2.20. The highest BCUT2D eigenvalue weighted by Crippen LogP contribution is 2.22. The molecule has 0 aliphatic carbocycles. The number of urea groups is 1. The zero-order chi connectivity index (χ0) is 15.3. The minimum atomic E-state index is -0.257. The highest BCUT2D eigenvalue weighted by atomic mass is 35.5. The fourth-order valence-electron chi connectivity index (χ4n) is 2.02. The molecule has 0 unspecified atom stereocenters. The first-order valence-electron chi connectivity index (χ1n) is 6.84. The van der Waals surface area contributed by atoms with Gasteiger partial charge in [0, 0.05) is 12.0 Å². The van der Waals surface area contributed by atoms with Crippen LogP contribution in [0.15, 0.2) is 54.6 Å². The summed E-state index contributed by atoms with van der Waals surface area (Å²) in [6.07, 6.45) is 0. The van der Waals surface area contributed by atoms with Gasteiger partial charge in [0.15, 0.2) is 0 Å². The third-order valence-corrected chi connectivity index (χ3v) is 3.70. The van der Waals surface area contributed by atoms with E-state index < -0.39 is 0 Å². The van der Waals surface area contributed by atoms with Crippen molar-refractivity contribution in [3.05, 3.63) is 65.2 Å². The average molecular weight is 303 g/mol. The van der Waals surface area contributed by atoms with Crippen molar-refractivity contribution in [3.63, 3.8) is 0 Å². The maximum atomic E-state index is 12.0. The van der Waals surface area contributed by atoms with Gasteiger partial charge in [-0.2, -0.15) is 0 Å². The number of hydrogen-bond donors (Lipinski definition) is 2. The van der Waals surface area contributed by atoms with Crippen LogP contribution < -0.4 is 10.6 Å². The third-order valence-electron chi connectivity index (χ3n) is 3.37. The Morgan fingerprint density at radius 1 is 1.05 bits per heavy atom. The zero-order valence-electron chi connectivity index (χ0n) is 12.2. The smallest absolute Gasteiger partial charge is 0.319 e. The number of hydrogen-bond acceptors (Lipinski definition) is 1. The molecule has 0 radical (unpaired) electrons.